The number of hydrogen-bond donors (Lipinski definition) is 0. The van der Waals surface area contributed by atoms with E-state index in [4.69, 9.17) is 14.0 Å². The van der Waals surface area contributed by atoms with Gasteiger partial charge in [-0.3, -0.25) is 4.90 Å². The molecule has 1 atom stereocenters. The summed E-state index contributed by atoms with van der Waals surface area (Å²) in [4.78, 5) is 6.45. The lowest BCUT2D eigenvalue weighted by molar-refractivity contribution is -0.137. The molecule has 2 fully saturated rings. The Morgan fingerprint density at radius 1 is 1.19 bits per heavy atom. The summed E-state index contributed by atoms with van der Waals surface area (Å²) in [6.07, 6.45) is -2.50. The molecule has 4 rings (SSSR count). The van der Waals surface area contributed by atoms with E-state index in [1.165, 1.54) is 12.1 Å². The van der Waals surface area contributed by atoms with Crippen molar-refractivity contribution in [1.82, 2.24) is 15.0 Å². The molecule has 1 aromatic carbocycles. The predicted molar refractivity (Wildman–Crippen MR) is 88.4 cm³/mol. The van der Waals surface area contributed by atoms with Crippen LogP contribution in [0.2, 0.25) is 0 Å². The first-order valence-corrected chi connectivity index (χ1v) is 8.95. The van der Waals surface area contributed by atoms with Crippen LogP contribution < -0.4 is 0 Å². The van der Waals surface area contributed by atoms with E-state index >= 15 is 0 Å². The van der Waals surface area contributed by atoms with Gasteiger partial charge in [0.05, 0.1) is 25.3 Å². The zero-order chi connectivity index (χ0) is 18.9. The molecule has 3 heterocycles. The van der Waals surface area contributed by atoms with Crippen LogP contribution in [0.1, 0.15) is 24.3 Å². The Labute approximate surface area is 154 Å². The summed E-state index contributed by atoms with van der Waals surface area (Å²) in [5.74, 6) is 0.843. The molecule has 0 saturated carbocycles. The number of piperidine rings is 1. The molecule has 146 valence electrons. The van der Waals surface area contributed by atoms with Crippen molar-refractivity contribution in [1.29, 1.82) is 0 Å². The molecule has 0 bridgehead atoms. The molecule has 0 radical (unpaired) electrons. The highest BCUT2D eigenvalue weighted by molar-refractivity contribution is 5.55. The van der Waals surface area contributed by atoms with Gasteiger partial charge >= 0.3 is 6.18 Å². The Hall–Kier alpha value is -1.97. The van der Waals surface area contributed by atoms with E-state index in [9.17, 15) is 13.2 Å². The van der Waals surface area contributed by atoms with Crippen molar-refractivity contribution in [2.75, 3.05) is 26.3 Å². The van der Waals surface area contributed by atoms with Crippen molar-refractivity contribution in [3.05, 3.63) is 35.7 Å². The second-order valence-electron chi connectivity index (χ2n) is 6.84. The van der Waals surface area contributed by atoms with Crippen molar-refractivity contribution < 1.29 is 27.2 Å². The maximum Gasteiger partial charge on any atom is 0.416 e. The number of likely N-dealkylation sites (tertiary alicyclic amines) is 1. The lowest BCUT2D eigenvalue weighted by atomic mass is 9.97. The van der Waals surface area contributed by atoms with Crippen molar-refractivity contribution in [2.24, 2.45) is 5.92 Å². The molecule has 0 amide bonds. The second kappa shape index (κ2) is 7.57. The van der Waals surface area contributed by atoms with Gasteiger partial charge < -0.3 is 14.0 Å². The maximum atomic E-state index is 12.9. The van der Waals surface area contributed by atoms with E-state index in [0.29, 0.717) is 31.6 Å². The van der Waals surface area contributed by atoms with Crippen molar-refractivity contribution in [3.8, 4) is 11.4 Å². The topological polar surface area (TPSA) is 60.6 Å². The summed E-state index contributed by atoms with van der Waals surface area (Å²) in [5.41, 5.74) is -0.453. The number of nitrogens with zero attached hydrogens (tertiary/aromatic N) is 3. The number of hydrogen-bond acceptors (Lipinski definition) is 6. The van der Waals surface area contributed by atoms with Gasteiger partial charge in [-0.05, 0) is 31.5 Å². The standard InChI is InChI=1S/C18H20F3N3O3/c19-18(20,21)14-5-1-3-12(9-14)16-22-15(27-23-16)11-24-6-2-4-13(10-24)17-25-7-8-26-17/h1,3,5,9,13,17H,2,4,6-8,10-11H2. The van der Waals surface area contributed by atoms with Gasteiger partial charge in [-0.15, -0.1) is 0 Å². The normalized spacial score (nSPS) is 22.4. The van der Waals surface area contributed by atoms with Crippen molar-refractivity contribution in [2.45, 2.75) is 31.9 Å². The van der Waals surface area contributed by atoms with Crippen LogP contribution >= 0.6 is 0 Å². The molecule has 9 heteroatoms. The molecule has 2 aliphatic rings. The molecule has 0 aliphatic carbocycles. The quantitative estimate of drug-likeness (QED) is 0.807. The van der Waals surface area contributed by atoms with E-state index < -0.39 is 11.7 Å². The van der Waals surface area contributed by atoms with Crippen molar-refractivity contribution in [3.63, 3.8) is 0 Å². The number of aromatic nitrogens is 2. The fourth-order valence-corrected chi connectivity index (χ4v) is 3.57. The molecule has 2 aromatic rings. The van der Waals surface area contributed by atoms with E-state index in [-0.39, 0.29) is 17.7 Å². The summed E-state index contributed by atoms with van der Waals surface area (Å²) in [6.45, 7) is 3.40. The maximum absolute atomic E-state index is 12.9. The van der Waals surface area contributed by atoms with Gasteiger partial charge in [0.2, 0.25) is 11.7 Å². The van der Waals surface area contributed by atoms with Gasteiger partial charge in [0, 0.05) is 18.0 Å². The van der Waals surface area contributed by atoms with E-state index in [0.717, 1.165) is 38.1 Å². The Morgan fingerprint density at radius 2 is 2.00 bits per heavy atom. The Morgan fingerprint density at radius 3 is 2.78 bits per heavy atom. The van der Waals surface area contributed by atoms with E-state index in [1.54, 1.807) is 0 Å². The second-order valence-corrected chi connectivity index (χ2v) is 6.84. The fourth-order valence-electron chi connectivity index (χ4n) is 3.57. The molecule has 2 saturated heterocycles. The Bertz CT molecular complexity index is 774. The molecule has 1 aromatic heterocycles. The number of ether oxygens (including phenoxy) is 2. The highest BCUT2D eigenvalue weighted by atomic mass is 19.4. The molecule has 0 N–H and O–H groups in total. The monoisotopic (exact) mass is 383 g/mol. The highest BCUT2D eigenvalue weighted by Gasteiger charge is 2.32. The summed E-state index contributed by atoms with van der Waals surface area (Å²) < 4.78 is 55.1. The Kier molecular flexibility index (Phi) is 5.16. The third-order valence-corrected chi connectivity index (χ3v) is 4.85. The molecule has 6 nitrogen and oxygen atoms in total. The highest BCUT2D eigenvalue weighted by Crippen LogP contribution is 2.31. The minimum atomic E-state index is -4.41. The number of alkyl halides is 3. The Balaban J connectivity index is 1.42. The zero-order valence-corrected chi connectivity index (χ0v) is 14.6. The average Bonchev–Trinajstić information content (AvgIpc) is 3.33. The first-order chi connectivity index (χ1) is 13.0. The average molecular weight is 383 g/mol. The minimum absolute atomic E-state index is 0.156. The van der Waals surface area contributed by atoms with Crippen LogP contribution in [0.5, 0.6) is 0 Å². The van der Waals surface area contributed by atoms with Crippen LogP contribution in [-0.2, 0) is 22.2 Å². The van der Waals surface area contributed by atoms with Crippen molar-refractivity contribution >= 4 is 0 Å². The largest absolute Gasteiger partial charge is 0.416 e. The summed E-state index contributed by atoms with van der Waals surface area (Å²) in [7, 11) is 0. The summed E-state index contributed by atoms with van der Waals surface area (Å²) in [5, 5.41) is 3.84. The van der Waals surface area contributed by atoms with Gasteiger partial charge in [0.1, 0.15) is 0 Å². The minimum Gasteiger partial charge on any atom is -0.350 e. The lowest BCUT2D eigenvalue weighted by Crippen LogP contribution is -2.40. The van der Waals surface area contributed by atoms with Gasteiger partial charge in [-0.2, -0.15) is 18.2 Å². The van der Waals surface area contributed by atoms with Gasteiger partial charge in [-0.25, -0.2) is 0 Å². The SMILES string of the molecule is FC(F)(F)c1cccc(-c2noc(CN3CCCC(C4OCCO4)C3)n2)c1. The van der Waals surface area contributed by atoms with E-state index in [1.807, 2.05) is 0 Å². The molecule has 2 aliphatic heterocycles. The van der Waals surface area contributed by atoms with Crippen LogP contribution in [0.3, 0.4) is 0 Å². The smallest absolute Gasteiger partial charge is 0.350 e. The summed E-state index contributed by atoms with van der Waals surface area (Å²) >= 11 is 0. The van der Waals surface area contributed by atoms with E-state index in [2.05, 4.69) is 15.0 Å². The number of halogens is 3. The van der Waals surface area contributed by atoms with Crippen LogP contribution in [0, 0.1) is 5.92 Å². The van der Waals surface area contributed by atoms with Gasteiger partial charge in [0.15, 0.2) is 6.29 Å². The van der Waals surface area contributed by atoms with Crippen LogP contribution in [-0.4, -0.2) is 47.6 Å². The molecule has 0 spiro atoms. The third-order valence-electron chi connectivity index (χ3n) is 4.85. The molecular formula is C18H20F3N3O3. The first kappa shape index (κ1) is 18.4. The zero-order valence-electron chi connectivity index (χ0n) is 14.6. The van der Waals surface area contributed by atoms with Crippen LogP contribution in [0.4, 0.5) is 13.2 Å². The fraction of sp³-hybridized carbons (Fsp3) is 0.556. The number of rotatable bonds is 4. The molecular weight excluding hydrogens is 363 g/mol. The molecule has 1 unspecified atom stereocenters. The third kappa shape index (κ3) is 4.31. The first-order valence-electron chi connectivity index (χ1n) is 8.95. The van der Waals surface area contributed by atoms with Gasteiger partial charge in [-0.1, -0.05) is 17.3 Å². The molecule has 27 heavy (non-hydrogen) atoms. The van der Waals surface area contributed by atoms with Crippen LogP contribution in [0.15, 0.2) is 28.8 Å². The van der Waals surface area contributed by atoms with Crippen LogP contribution in [0.25, 0.3) is 11.4 Å². The van der Waals surface area contributed by atoms with Gasteiger partial charge in [0.25, 0.3) is 0 Å². The lowest BCUT2D eigenvalue weighted by Gasteiger charge is -2.33. The summed E-state index contributed by atoms with van der Waals surface area (Å²) in [6, 6.07) is 4.92. The predicted octanol–water partition coefficient (Wildman–Crippen LogP) is 3.34. The number of benzene rings is 1.